The van der Waals surface area contributed by atoms with Crippen LogP contribution in [0, 0.1) is 5.92 Å². The van der Waals surface area contributed by atoms with Gasteiger partial charge >= 0.3 is 5.97 Å². The number of carbonyl (C=O) groups is 2. The molecule has 1 radical (unpaired) electrons. The van der Waals surface area contributed by atoms with Crippen LogP contribution in [0.15, 0.2) is 0 Å². The van der Waals surface area contributed by atoms with E-state index in [1.807, 2.05) is 0 Å². The summed E-state index contributed by atoms with van der Waals surface area (Å²) in [7, 11) is 1.10. The minimum absolute atomic E-state index is 0.0382. The van der Waals surface area contributed by atoms with E-state index in [9.17, 15) is 9.59 Å². The lowest BCUT2D eigenvalue weighted by Gasteiger charge is -2.15. The van der Waals surface area contributed by atoms with E-state index >= 15 is 0 Å². The normalized spacial score (nSPS) is 12.6. The van der Waals surface area contributed by atoms with Crippen LogP contribution in [0.3, 0.4) is 0 Å². The molecule has 0 saturated carbocycles. The summed E-state index contributed by atoms with van der Waals surface area (Å²) >= 11 is 0. The second-order valence-corrected chi connectivity index (χ2v) is 2.53. The van der Waals surface area contributed by atoms with Gasteiger partial charge < -0.3 is 15.1 Å². The Hall–Kier alpha value is -0.835. The van der Waals surface area contributed by atoms with Crippen LogP contribution in [-0.2, 0) is 9.59 Å². The van der Waals surface area contributed by atoms with E-state index in [1.165, 1.54) is 0 Å². The van der Waals surface area contributed by atoms with Crippen molar-refractivity contribution in [1.82, 2.24) is 5.23 Å². The molecule has 0 unspecified atom stereocenters. The number of hydrogen-bond donors (Lipinski definition) is 2. The van der Waals surface area contributed by atoms with Gasteiger partial charge in [-0.15, -0.1) is 0 Å². The molecule has 11 heavy (non-hydrogen) atoms. The van der Waals surface area contributed by atoms with E-state index in [-0.39, 0.29) is 5.92 Å². The molecule has 4 nitrogen and oxygen atoms in total. The van der Waals surface area contributed by atoms with Gasteiger partial charge in [0.15, 0.2) is 0 Å². The van der Waals surface area contributed by atoms with Crippen molar-refractivity contribution in [2.75, 3.05) is 0 Å². The SMILES string of the molecule is CC(C)[C@H](N[B]C=O)C(=O)O. The molecular formula is C6H11BNO3. The maximum atomic E-state index is 10.4. The van der Waals surface area contributed by atoms with Gasteiger partial charge in [0.1, 0.15) is 0 Å². The largest absolute Gasteiger partial charge is 0.480 e. The number of aliphatic carboxylic acids is 1. The molecule has 2 N–H and O–H groups in total. The summed E-state index contributed by atoms with van der Waals surface area (Å²) in [5, 5.41) is 11.0. The minimum Gasteiger partial charge on any atom is -0.480 e. The molecular weight excluding hydrogens is 145 g/mol. The fourth-order valence-corrected chi connectivity index (χ4v) is 0.692. The van der Waals surface area contributed by atoms with Gasteiger partial charge in [-0.05, 0) is 5.92 Å². The Morgan fingerprint density at radius 2 is 2.18 bits per heavy atom. The number of hydrogen-bond acceptors (Lipinski definition) is 3. The topological polar surface area (TPSA) is 66.4 Å². The molecule has 0 aromatic heterocycles. The summed E-state index contributed by atoms with van der Waals surface area (Å²) in [6.45, 7) is 3.54. The number of carboxylic acid groups (broad SMARTS) is 1. The first-order valence-electron chi connectivity index (χ1n) is 3.35. The molecule has 0 aliphatic carbocycles. The molecule has 0 aliphatic rings. The first-order chi connectivity index (χ1) is 5.09. The van der Waals surface area contributed by atoms with Gasteiger partial charge in [-0.25, -0.2) is 0 Å². The first-order valence-corrected chi connectivity index (χ1v) is 3.35. The van der Waals surface area contributed by atoms with Crippen molar-refractivity contribution < 1.29 is 14.7 Å². The number of carboxylic acids is 1. The van der Waals surface area contributed by atoms with E-state index in [0.29, 0.717) is 6.19 Å². The lowest BCUT2D eigenvalue weighted by molar-refractivity contribution is -0.140. The van der Waals surface area contributed by atoms with Crippen molar-refractivity contribution in [2.24, 2.45) is 5.92 Å². The van der Waals surface area contributed by atoms with Crippen molar-refractivity contribution in [3.05, 3.63) is 0 Å². The van der Waals surface area contributed by atoms with Crippen molar-refractivity contribution in [2.45, 2.75) is 19.9 Å². The van der Waals surface area contributed by atoms with Crippen LogP contribution in [-0.4, -0.2) is 30.7 Å². The highest BCUT2D eigenvalue weighted by Gasteiger charge is 2.19. The van der Waals surface area contributed by atoms with Crippen LogP contribution in [0.4, 0.5) is 0 Å². The van der Waals surface area contributed by atoms with Crippen molar-refractivity contribution in [3.8, 4) is 0 Å². The Morgan fingerprint density at radius 3 is 2.45 bits per heavy atom. The maximum Gasteiger partial charge on any atom is 0.319 e. The average molecular weight is 156 g/mol. The summed E-state index contributed by atoms with van der Waals surface area (Å²) < 4.78 is 0. The van der Waals surface area contributed by atoms with Crippen LogP contribution in [0.2, 0.25) is 0 Å². The van der Waals surface area contributed by atoms with E-state index < -0.39 is 12.0 Å². The summed E-state index contributed by atoms with van der Waals surface area (Å²) in [6, 6.07) is -0.680. The highest BCUT2D eigenvalue weighted by Crippen LogP contribution is 1.99. The molecule has 0 spiro atoms. The van der Waals surface area contributed by atoms with E-state index in [2.05, 4.69) is 5.23 Å². The Balaban J connectivity index is 3.89. The predicted molar refractivity (Wildman–Crippen MR) is 41.9 cm³/mol. The molecule has 0 fully saturated rings. The molecule has 0 saturated heterocycles. The fourth-order valence-electron chi connectivity index (χ4n) is 0.692. The van der Waals surface area contributed by atoms with Crippen molar-refractivity contribution >= 4 is 19.6 Å². The summed E-state index contributed by atoms with van der Waals surface area (Å²) in [6.07, 6.45) is 0.526. The highest BCUT2D eigenvalue weighted by molar-refractivity contribution is 6.64. The highest BCUT2D eigenvalue weighted by atomic mass is 16.4. The molecule has 0 aliphatic heterocycles. The van der Waals surface area contributed by atoms with Gasteiger partial charge in [0.25, 0.3) is 7.41 Å². The molecule has 0 bridgehead atoms. The Kier molecular flexibility index (Phi) is 4.53. The Labute approximate surface area is 66.2 Å². The Morgan fingerprint density at radius 1 is 1.64 bits per heavy atom. The zero-order chi connectivity index (χ0) is 8.85. The fraction of sp³-hybridized carbons (Fsp3) is 0.667. The van der Waals surface area contributed by atoms with Crippen LogP contribution < -0.4 is 5.23 Å². The van der Waals surface area contributed by atoms with Gasteiger partial charge in [-0.2, -0.15) is 0 Å². The number of nitrogens with one attached hydrogen (secondary N) is 1. The van der Waals surface area contributed by atoms with Gasteiger partial charge in [-0.1, -0.05) is 13.8 Å². The monoisotopic (exact) mass is 156 g/mol. The molecule has 1 atom stereocenters. The van der Waals surface area contributed by atoms with Crippen LogP contribution in [0.5, 0.6) is 0 Å². The van der Waals surface area contributed by atoms with E-state index in [1.54, 1.807) is 13.8 Å². The lowest BCUT2D eigenvalue weighted by atomic mass is 9.92. The first kappa shape index (κ1) is 10.2. The average Bonchev–Trinajstić information content (AvgIpc) is 1.87. The predicted octanol–water partition coefficient (Wildman–Crippen LogP) is -0.505. The third kappa shape index (κ3) is 3.77. The summed E-state index contributed by atoms with van der Waals surface area (Å²) in [5.74, 6) is -0.984. The van der Waals surface area contributed by atoms with Gasteiger partial charge in [0.2, 0.25) is 0 Å². The molecule has 61 valence electrons. The molecule has 0 amide bonds. The van der Waals surface area contributed by atoms with Crippen molar-refractivity contribution in [3.63, 3.8) is 0 Å². The van der Waals surface area contributed by atoms with E-state index in [0.717, 1.165) is 7.41 Å². The van der Waals surface area contributed by atoms with Gasteiger partial charge in [0, 0.05) is 0 Å². The van der Waals surface area contributed by atoms with Crippen molar-refractivity contribution in [1.29, 1.82) is 0 Å². The number of rotatable bonds is 5. The second-order valence-electron chi connectivity index (χ2n) is 2.53. The van der Waals surface area contributed by atoms with Gasteiger partial charge in [0.05, 0.1) is 12.2 Å². The molecule has 0 heterocycles. The van der Waals surface area contributed by atoms with E-state index in [4.69, 9.17) is 5.11 Å². The standard InChI is InChI=1S/C6H11BNO3/c1-4(2)5(6(10)11)8-7-3-9/h3-5,8H,1-2H3,(H,10,11)/t5-/m0/s1. The molecule has 0 aromatic carbocycles. The zero-order valence-corrected chi connectivity index (χ0v) is 6.57. The third-order valence-electron chi connectivity index (χ3n) is 1.28. The third-order valence-corrected chi connectivity index (χ3v) is 1.28. The molecule has 0 rings (SSSR count). The number of carbonyl (C=O) groups excluding carboxylic acids is 1. The Bertz CT molecular complexity index is 149. The van der Waals surface area contributed by atoms with Crippen LogP contribution in [0.25, 0.3) is 0 Å². The lowest BCUT2D eigenvalue weighted by Crippen LogP contribution is -2.43. The van der Waals surface area contributed by atoms with Crippen LogP contribution >= 0.6 is 0 Å². The molecule has 5 heteroatoms. The summed E-state index contributed by atoms with van der Waals surface area (Å²) in [5.41, 5.74) is 0. The molecule has 0 aromatic rings. The zero-order valence-electron chi connectivity index (χ0n) is 6.57. The van der Waals surface area contributed by atoms with Crippen LogP contribution in [0.1, 0.15) is 13.8 Å². The quantitative estimate of drug-likeness (QED) is 0.415. The maximum absolute atomic E-state index is 10.4. The summed E-state index contributed by atoms with van der Waals surface area (Å²) in [4.78, 5) is 20.3. The second kappa shape index (κ2) is 4.90. The minimum atomic E-state index is -0.946. The smallest absolute Gasteiger partial charge is 0.319 e. The van der Waals surface area contributed by atoms with Gasteiger partial charge in [-0.3, -0.25) is 4.79 Å².